The minimum absolute atomic E-state index is 0.282. The molecule has 0 spiro atoms. The summed E-state index contributed by atoms with van der Waals surface area (Å²) in [5.74, 6) is -0.437. The quantitative estimate of drug-likeness (QED) is 0.898. The molecule has 2 heterocycles. The molecule has 0 atom stereocenters. The molecule has 0 bridgehead atoms. The predicted octanol–water partition coefficient (Wildman–Crippen LogP) is 3.83. The Hall–Kier alpha value is -2.02. The van der Waals surface area contributed by atoms with Crippen LogP contribution in [0.3, 0.4) is 0 Å². The van der Waals surface area contributed by atoms with Crippen LogP contribution in [0.25, 0.3) is 11.0 Å². The highest BCUT2D eigenvalue weighted by molar-refractivity contribution is 5.88. The van der Waals surface area contributed by atoms with Crippen molar-refractivity contribution in [2.45, 2.75) is 32.1 Å². The average Bonchev–Trinajstić information content (AvgIpc) is 3.05. The number of hydrogen-bond donors (Lipinski definition) is 1. The Morgan fingerprint density at radius 2 is 1.77 bits per heavy atom. The van der Waals surface area contributed by atoms with E-state index in [1.165, 1.54) is 12.5 Å². The summed E-state index contributed by atoms with van der Waals surface area (Å²) in [4.78, 5) is 4.54. The lowest BCUT2D eigenvalue weighted by atomic mass is 9.86. The maximum absolute atomic E-state index is 13.6. The number of fused-ring (bicyclic) bond motifs is 1. The molecule has 0 radical (unpaired) electrons. The highest BCUT2D eigenvalue weighted by Gasteiger charge is 2.24. The minimum Gasteiger partial charge on any atom is -0.354 e. The third kappa shape index (κ3) is 3.58. The van der Waals surface area contributed by atoms with E-state index >= 15 is 0 Å². The molecule has 140 valence electrons. The third-order valence-corrected chi connectivity index (χ3v) is 5.73. The third-order valence-electron chi connectivity index (χ3n) is 5.73. The smallest absolute Gasteiger partial charge is 0.180 e. The molecule has 0 unspecified atom stereocenters. The summed E-state index contributed by atoms with van der Waals surface area (Å²) in [6.07, 6.45) is 5.45. The first-order valence-electron chi connectivity index (χ1n) is 9.38. The van der Waals surface area contributed by atoms with Gasteiger partial charge in [-0.1, -0.05) is 5.16 Å². The van der Waals surface area contributed by atoms with Crippen molar-refractivity contribution >= 4 is 22.5 Å². The van der Waals surface area contributed by atoms with Crippen LogP contribution >= 0.6 is 0 Å². The molecule has 1 aromatic heterocycles. The zero-order valence-corrected chi connectivity index (χ0v) is 14.8. The first kappa shape index (κ1) is 17.4. The summed E-state index contributed by atoms with van der Waals surface area (Å²) < 4.78 is 32.0. The number of hydrogen-bond acceptors (Lipinski definition) is 5. The second-order valence-corrected chi connectivity index (χ2v) is 7.43. The van der Waals surface area contributed by atoms with Gasteiger partial charge in [-0.25, -0.2) is 8.78 Å². The zero-order valence-electron chi connectivity index (χ0n) is 14.8. The van der Waals surface area contributed by atoms with Crippen molar-refractivity contribution in [1.29, 1.82) is 5.41 Å². The molecule has 1 saturated heterocycles. The molecule has 2 fully saturated rings. The van der Waals surface area contributed by atoms with Crippen LogP contribution in [0.4, 0.5) is 14.6 Å². The van der Waals surface area contributed by atoms with Crippen LogP contribution in [0, 0.1) is 23.0 Å². The highest BCUT2D eigenvalue weighted by Crippen LogP contribution is 2.29. The van der Waals surface area contributed by atoms with Crippen LogP contribution in [0.1, 0.15) is 32.1 Å². The van der Waals surface area contributed by atoms with E-state index in [4.69, 9.17) is 9.93 Å². The molecule has 2 aromatic rings. The molecule has 7 heteroatoms. The molecule has 1 saturated carbocycles. The van der Waals surface area contributed by atoms with Crippen molar-refractivity contribution in [2.24, 2.45) is 5.92 Å². The van der Waals surface area contributed by atoms with E-state index in [2.05, 4.69) is 15.0 Å². The Morgan fingerprint density at radius 3 is 2.50 bits per heavy atom. The lowest BCUT2D eigenvalue weighted by molar-refractivity contribution is 0.230. The van der Waals surface area contributed by atoms with Crippen molar-refractivity contribution < 1.29 is 13.3 Å². The maximum Gasteiger partial charge on any atom is 0.180 e. The minimum atomic E-state index is -0.914. The van der Waals surface area contributed by atoms with Gasteiger partial charge in [0, 0.05) is 38.0 Å². The zero-order chi connectivity index (χ0) is 18.1. The first-order valence-corrected chi connectivity index (χ1v) is 9.38. The van der Waals surface area contributed by atoms with Gasteiger partial charge >= 0.3 is 0 Å². The fourth-order valence-corrected chi connectivity index (χ4v) is 4.01. The normalized spacial score (nSPS) is 22.3. The topological polar surface area (TPSA) is 56.4 Å². The largest absolute Gasteiger partial charge is 0.354 e. The fourth-order valence-electron chi connectivity index (χ4n) is 4.01. The maximum atomic E-state index is 13.6. The van der Waals surface area contributed by atoms with Gasteiger partial charge in [0.05, 0.1) is 5.39 Å². The number of rotatable bonds is 4. The van der Waals surface area contributed by atoms with Gasteiger partial charge in [0.1, 0.15) is 0 Å². The van der Waals surface area contributed by atoms with Gasteiger partial charge < -0.3 is 14.8 Å². The Bertz CT molecular complexity index is 788. The number of nitrogens with zero attached hydrogens (tertiary/aromatic N) is 3. The summed E-state index contributed by atoms with van der Waals surface area (Å²) in [6.45, 7) is 4.55. The predicted molar refractivity (Wildman–Crippen MR) is 96.9 cm³/mol. The molecule has 4 rings (SSSR count). The molecule has 1 aliphatic heterocycles. The number of nitrogens with one attached hydrogen (secondary N) is 1. The van der Waals surface area contributed by atoms with E-state index in [1.54, 1.807) is 0 Å². The Balaban J connectivity index is 1.32. The number of anilines is 1. The van der Waals surface area contributed by atoms with E-state index in [9.17, 15) is 8.78 Å². The first-order chi connectivity index (χ1) is 12.6. The van der Waals surface area contributed by atoms with Gasteiger partial charge in [-0.05, 0) is 50.6 Å². The van der Waals surface area contributed by atoms with Crippen molar-refractivity contribution in [2.75, 3.05) is 37.6 Å². The van der Waals surface area contributed by atoms with Crippen LogP contribution in [-0.4, -0.2) is 48.5 Å². The average molecular weight is 362 g/mol. The number of piperazine rings is 1. The molecule has 26 heavy (non-hydrogen) atoms. The van der Waals surface area contributed by atoms with E-state index < -0.39 is 11.6 Å². The van der Waals surface area contributed by atoms with Gasteiger partial charge in [0.25, 0.3) is 0 Å². The van der Waals surface area contributed by atoms with E-state index in [1.807, 2.05) is 0 Å². The van der Waals surface area contributed by atoms with Crippen LogP contribution in [-0.2, 0) is 0 Å². The molecule has 2 aliphatic rings. The van der Waals surface area contributed by atoms with Gasteiger partial charge in [0.15, 0.2) is 23.0 Å². The second kappa shape index (κ2) is 7.31. The SMILES string of the molecule is N=C1CCC(CCN2CCN(c3noc4cc(F)c(F)cc34)CC2)CC1. The summed E-state index contributed by atoms with van der Waals surface area (Å²) >= 11 is 0. The highest BCUT2D eigenvalue weighted by atomic mass is 19.2. The summed E-state index contributed by atoms with van der Waals surface area (Å²) in [5.41, 5.74) is 1.19. The number of benzene rings is 1. The van der Waals surface area contributed by atoms with E-state index in [0.717, 1.165) is 76.1 Å². The summed E-state index contributed by atoms with van der Waals surface area (Å²) in [5, 5.41) is 12.3. The van der Waals surface area contributed by atoms with Crippen LogP contribution in [0.5, 0.6) is 0 Å². The van der Waals surface area contributed by atoms with Gasteiger partial charge in [-0.3, -0.25) is 4.90 Å². The molecular formula is C19H24F2N4O. The summed E-state index contributed by atoms with van der Waals surface area (Å²) in [6, 6.07) is 2.23. The molecule has 5 nitrogen and oxygen atoms in total. The molecule has 1 aliphatic carbocycles. The Kier molecular flexibility index (Phi) is 4.89. The van der Waals surface area contributed by atoms with Gasteiger partial charge in [0.2, 0.25) is 0 Å². The van der Waals surface area contributed by atoms with Crippen molar-refractivity contribution in [1.82, 2.24) is 10.1 Å². The second-order valence-electron chi connectivity index (χ2n) is 7.43. The van der Waals surface area contributed by atoms with Crippen molar-refractivity contribution in [3.8, 4) is 0 Å². The standard InChI is InChI=1S/C19H24F2N4O/c20-16-11-15-18(12-17(16)21)26-23-19(15)25-9-7-24(8-10-25)6-5-13-1-3-14(22)4-2-13/h11-13,22H,1-10H2. The summed E-state index contributed by atoms with van der Waals surface area (Å²) in [7, 11) is 0. The fraction of sp³-hybridized carbons (Fsp3) is 0.579. The number of aromatic nitrogens is 1. The Morgan fingerprint density at radius 1 is 1.08 bits per heavy atom. The van der Waals surface area contributed by atoms with E-state index in [-0.39, 0.29) is 5.58 Å². The molecular weight excluding hydrogens is 338 g/mol. The van der Waals surface area contributed by atoms with Gasteiger partial charge in [-0.2, -0.15) is 0 Å². The molecule has 1 aromatic carbocycles. The van der Waals surface area contributed by atoms with Crippen LogP contribution < -0.4 is 4.90 Å². The van der Waals surface area contributed by atoms with Crippen molar-refractivity contribution in [3.05, 3.63) is 23.8 Å². The molecule has 0 amide bonds. The van der Waals surface area contributed by atoms with Crippen molar-refractivity contribution in [3.63, 3.8) is 0 Å². The lowest BCUT2D eigenvalue weighted by Gasteiger charge is -2.35. The monoisotopic (exact) mass is 362 g/mol. The lowest BCUT2D eigenvalue weighted by Crippen LogP contribution is -2.47. The Labute approximate surface area is 151 Å². The molecule has 1 N–H and O–H groups in total. The van der Waals surface area contributed by atoms with E-state index in [0.29, 0.717) is 11.2 Å². The number of halogens is 2. The van der Waals surface area contributed by atoms with Gasteiger partial charge in [-0.15, -0.1) is 0 Å². The van der Waals surface area contributed by atoms with Crippen LogP contribution in [0.2, 0.25) is 0 Å². The van der Waals surface area contributed by atoms with Crippen LogP contribution in [0.15, 0.2) is 16.7 Å².